The van der Waals surface area contributed by atoms with Crippen molar-refractivity contribution in [3.05, 3.63) is 10.4 Å². The third kappa shape index (κ3) is 2.40. The lowest BCUT2D eigenvalue weighted by atomic mass is 10.3. The van der Waals surface area contributed by atoms with Gasteiger partial charge in [-0.2, -0.15) is 0 Å². The minimum Gasteiger partial charge on any atom is -0.293 e. The Labute approximate surface area is 113 Å². The fourth-order valence-corrected chi connectivity index (χ4v) is 3.13. The quantitative estimate of drug-likeness (QED) is 0.812. The Morgan fingerprint density at radius 1 is 1.39 bits per heavy atom. The minimum atomic E-state index is -3.92. The van der Waals surface area contributed by atoms with Gasteiger partial charge in [0, 0.05) is 22.1 Å². The van der Waals surface area contributed by atoms with Gasteiger partial charge < -0.3 is 0 Å². The van der Waals surface area contributed by atoms with E-state index in [1.807, 2.05) is 26.2 Å². The largest absolute Gasteiger partial charge is 0.296 e. The van der Waals surface area contributed by atoms with Crippen molar-refractivity contribution in [2.45, 2.75) is 32.0 Å². The van der Waals surface area contributed by atoms with Gasteiger partial charge in [0.05, 0.1) is 5.01 Å². The molecule has 98 valence electrons. The third-order valence-electron chi connectivity index (χ3n) is 2.25. The highest BCUT2D eigenvalue weighted by atomic mass is 35.7. The van der Waals surface area contributed by atoms with Crippen LogP contribution in [0.4, 0.5) is 0 Å². The van der Waals surface area contributed by atoms with Crippen LogP contribution in [0.1, 0.15) is 24.9 Å². The maximum atomic E-state index is 11.4. The molecule has 0 saturated carbocycles. The van der Waals surface area contributed by atoms with Crippen molar-refractivity contribution >= 4 is 31.1 Å². The highest BCUT2D eigenvalue weighted by Gasteiger charge is 2.25. The van der Waals surface area contributed by atoms with Crippen LogP contribution in [0.5, 0.6) is 0 Å². The van der Waals surface area contributed by atoms with Crippen LogP contribution < -0.4 is 0 Å². The maximum absolute atomic E-state index is 11.4. The summed E-state index contributed by atoms with van der Waals surface area (Å²) in [6.45, 7) is 5.53. The molecule has 0 bridgehead atoms. The second-order valence-corrected chi connectivity index (χ2v) is 7.48. The molecule has 2 rings (SSSR count). The second-order valence-electron chi connectivity index (χ2n) is 3.96. The van der Waals surface area contributed by atoms with Gasteiger partial charge >= 0.3 is 0 Å². The summed E-state index contributed by atoms with van der Waals surface area (Å²) in [6, 6.07) is -0.138. The van der Waals surface area contributed by atoms with E-state index in [2.05, 4.69) is 15.2 Å². The Kier molecular flexibility index (Phi) is 3.43. The molecule has 2 aromatic rings. The van der Waals surface area contributed by atoms with Crippen LogP contribution in [0, 0.1) is 6.92 Å². The molecule has 0 aliphatic carbocycles. The molecular weight excluding hydrogens is 296 g/mol. The van der Waals surface area contributed by atoms with E-state index in [9.17, 15) is 8.42 Å². The molecule has 2 heterocycles. The lowest BCUT2D eigenvalue weighted by molar-refractivity contribution is 0.530. The van der Waals surface area contributed by atoms with E-state index in [0.717, 1.165) is 5.01 Å². The molecular formula is C9H11ClN4O2S2. The molecule has 0 amide bonds. The van der Waals surface area contributed by atoms with Crippen molar-refractivity contribution in [1.29, 1.82) is 0 Å². The number of rotatable bonds is 3. The van der Waals surface area contributed by atoms with E-state index in [0.29, 0.717) is 11.5 Å². The Balaban J connectivity index is 2.67. The van der Waals surface area contributed by atoms with E-state index in [1.165, 1.54) is 15.9 Å². The summed E-state index contributed by atoms with van der Waals surface area (Å²) >= 11 is 1.46. The third-order valence-corrected chi connectivity index (χ3v) is 4.15. The van der Waals surface area contributed by atoms with E-state index >= 15 is 0 Å². The van der Waals surface area contributed by atoms with Gasteiger partial charge in [-0.15, -0.1) is 21.5 Å². The van der Waals surface area contributed by atoms with Crippen molar-refractivity contribution in [2.75, 3.05) is 0 Å². The standard InChI is InChI=1S/C9H11ClN4O2S2/c1-5(2)14-8(7-4-17-6(3)11-7)12-13-9(14)18(10,15)16/h4-5H,1-3H3. The number of hydrogen-bond donors (Lipinski definition) is 0. The van der Waals surface area contributed by atoms with Crippen molar-refractivity contribution in [1.82, 2.24) is 19.7 Å². The normalized spacial score (nSPS) is 12.3. The van der Waals surface area contributed by atoms with Crippen LogP contribution in [-0.4, -0.2) is 28.2 Å². The summed E-state index contributed by atoms with van der Waals surface area (Å²) < 4.78 is 24.3. The van der Waals surface area contributed by atoms with Gasteiger partial charge in [-0.1, -0.05) is 0 Å². The number of thiazole rings is 1. The Hall–Kier alpha value is -0.990. The highest BCUT2D eigenvalue weighted by Crippen LogP contribution is 2.26. The van der Waals surface area contributed by atoms with Crippen molar-refractivity contribution in [3.63, 3.8) is 0 Å². The smallest absolute Gasteiger partial charge is 0.293 e. The zero-order valence-electron chi connectivity index (χ0n) is 9.95. The SMILES string of the molecule is Cc1nc(-c2nnc(S(=O)(=O)Cl)n2C(C)C)cs1. The number of halogens is 1. The second kappa shape index (κ2) is 4.60. The summed E-state index contributed by atoms with van der Waals surface area (Å²) in [5.74, 6) is 0.411. The minimum absolute atomic E-state index is 0.138. The predicted octanol–water partition coefficient (Wildman–Crippen LogP) is 2.22. The van der Waals surface area contributed by atoms with Crippen LogP contribution in [0.2, 0.25) is 0 Å². The first kappa shape index (κ1) is 13.4. The fourth-order valence-electron chi connectivity index (χ4n) is 1.55. The molecule has 0 aliphatic rings. The van der Waals surface area contributed by atoms with Crippen LogP contribution >= 0.6 is 22.0 Å². The van der Waals surface area contributed by atoms with Gasteiger partial charge in [-0.05, 0) is 20.8 Å². The van der Waals surface area contributed by atoms with Gasteiger partial charge in [-0.25, -0.2) is 13.4 Å². The molecule has 0 unspecified atom stereocenters. The van der Waals surface area contributed by atoms with Gasteiger partial charge in [0.15, 0.2) is 5.82 Å². The predicted molar refractivity (Wildman–Crippen MR) is 69.3 cm³/mol. The van der Waals surface area contributed by atoms with Crippen LogP contribution in [0.15, 0.2) is 10.5 Å². The van der Waals surface area contributed by atoms with E-state index in [1.54, 1.807) is 0 Å². The summed E-state index contributed by atoms with van der Waals surface area (Å²) in [5.41, 5.74) is 0.602. The van der Waals surface area contributed by atoms with Gasteiger partial charge in [0.1, 0.15) is 5.69 Å². The summed E-state index contributed by atoms with van der Waals surface area (Å²) in [6.07, 6.45) is 0. The average molecular weight is 307 g/mol. The van der Waals surface area contributed by atoms with Gasteiger partial charge in [-0.3, -0.25) is 4.57 Å². The number of aryl methyl sites for hydroxylation is 1. The first-order valence-corrected chi connectivity index (χ1v) is 8.31. The van der Waals surface area contributed by atoms with Gasteiger partial charge in [0.2, 0.25) is 0 Å². The molecule has 0 aliphatic heterocycles. The molecule has 0 N–H and O–H groups in total. The van der Waals surface area contributed by atoms with Gasteiger partial charge in [0.25, 0.3) is 14.2 Å². The number of nitrogens with zero attached hydrogens (tertiary/aromatic N) is 4. The monoisotopic (exact) mass is 306 g/mol. The Bertz CT molecular complexity index is 675. The van der Waals surface area contributed by atoms with Crippen molar-refractivity contribution < 1.29 is 8.42 Å². The lowest BCUT2D eigenvalue weighted by Crippen LogP contribution is -2.10. The molecule has 9 heteroatoms. The summed E-state index contributed by atoms with van der Waals surface area (Å²) in [4.78, 5) is 4.28. The molecule has 0 atom stereocenters. The molecule has 0 aromatic carbocycles. The summed E-state index contributed by atoms with van der Waals surface area (Å²) in [5, 5.41) is 9.96. The first-order valence-electron chi connectivity index (χ1n) is 5.12. The number of hydrogen-bond acceptors (Lipinski definition) is 6. The summed E-state index contributed by atoms with van der Waals surface area (Å²) in [7, 11) is 1.42. The molecule has 0 saturated heterocycles. The zero-order chi connectivity index (χ0) is 13.5. The van der Waals surface area contributed by atoms with E-state index < -0.39 is 9.05 Å². The van der Waals surface area contributed by atoms with Crippen LogP contribution in [0.25, 0.3) is 11.5 Å². The average Bonchev–Trinajstić information content (AvgIpc) is 2.80. The van der Waals surface area contributed by atoms with Crippen molar-refractivity contribution in [2.24, 2.45) is 0 Å². The van der Waals surface area contributed by atoms with E-state index in [4.69, 9.17) is 10.7 Å². The highest BCUT2D eigenvalue weighted by molar-refractivity contribution is 8.13. The molecule has 18 heavy (non-hydrogen) atoms. The topological polar surface area (TPSA) is 77.7 Å². The Morgan fingerprint density at radius 2 is 2.06 bits per heavy atom. The molecule has 2 aromatic heterocycles. The van der Waals surface area contributed by atoms with Crippen molar-refractivity contribution in [3.8, 4) is 11.5 Å². The van der Waals surface area contributed by atoms with Crippen LogP contribution in [0.3, 0.4) is 0 Å². The lowest BCUT2D eigenvalue weighted by Gasteiger charge is -2.10. The fraction of sp³-hybridized carbons (Fsp3) is 0.444. The molecule has 0 fully saturated rings. The van der Waals surface area contributed by atoms with Crippen LogP contribution in [-0.2, 0) is 9.05 Å². The molecule has 0 radical (unpaired) electrons. The first-order chi connectivity index (χ1) is 8.30. The molecule has 0 spiro atoms. The Morgan fingerprint density at radius 3 is 2.50 bits per heavy atom. The van der Waals surface area contributed by atoms with E-state index in [-0.39, 0.29) is 11.2 Å². The maximum Gasteiger partial charge on any atom is 0.296 e. The molecule has 6 nitrogen and oxygen atoms in total. The number of aromatic nitrogens is 4. The zero-order valence-corrected chi connectivity index (χ0v) is 12.3.